The molecule has 0 aliphatic carbocycles. The second kappa shape index (κ2) is 10.4. The van der Waals surface area contributed by atoms with E-state index in [4.69, 9.17) is 25.8 Å². The van der Waals surface area contributed by atoms with Gasteiger partial charge in [-0.15, -0.1) is 0 Å². The van der Waals surface area contributed by atoms with E-state index in [1.165, 1.54) is 0 Å². The Labute approximate surface area is 176 Å². The van der Waals surface area contributed by atoms with E-state index in [9.17, 15) is 4.79 Å². The predicted molar refractivity (Wildman–Crippen MR) is 114 cm³/mol. The van der Waals surface area contributed by atoms with Gasteiger partial charge in [0.05, 0.1) is 38.5 Å². The van der Waals surface area contributed by atoms with Gasteiger partial charge in [0.1, 0.15) is 11.5 Å². The SMILES string of the molecule is CCOc1ccc(CN(CC(=O)N2CCOCC2)c2ccc(OC)c(Cl)c2)cc1. The van der Waals surface area contributed by atoms with Crippen LogP contribution in [0, 0.1) is 0 Å². The van der Waals surface area contributed by atoms with Gasteiger partial charge in [0, 0.05) is 25.3 Å². The zero-order chi connectivity index (χ0) is 20.6. The minimum atomic E-state index is 0.0752. The van der Waals surface area contributed by atoms with Crippen molar-refractivity contribution in [1.82, 2.24) is 4.90 Å². The van der Waals surface area contributed by atoms with Gasteiger partial charge < -0.3 is 24.0 Å². The third kappa shape index (κ3) is 5.78. The average Bonchev–Trinajstić information content (AvgIpc) is 2.75. The lowest BCUT2D eigenvalue weighted by atomic mass is 10.1. The van der Waals surface area contributed by atoms with Gasteiger partial charge in [-0.25, -0.2) is 0 Å². The third-order valence-electron chi connectivity index (χ3n) is 4.80. The maximum Gasteiger partial charge on any atom is 0.242 e. The molecular weight excluding hydrogens is 392 g/mol. The molecule has 1 amide bonds. The second-order valence-corrected chi connectivity index (χ2v) is 7.15. The van der Waals surface area contributed by atoms with Crippen LogP contribution in [0.1, 0.15) is 12.5 Å². The number of amides is 1. The summed E-state index contributed by atoms with van der Waals surface area (Å²) in [5.41, 5.74) is 1.95. The van der Waals surface area contributed by atoms with Crippen LogP contribution in [0.15, 0.2) is 42.5 Å². The molecule has 1 aliphatic heterocycles. The van der Waals surface area contributed by atoms with Crippen molar-refractivity contribution in [2.45, 2.75) is 13.5 Å². The molecule has 0 unspecified atom stereocenters. The van der Waals surface area contributed by atoms with Crippen LogP contribution >= 0.6 is 11.6 Å². The van der Waals surface area contributed by atoms with Crippen LogP contribution in [0.4, 0.5) is 5.69 Å². The van der Waals surface area contributed by atoms with Gasteiger partial charge in [0.15, 0.2) is 0 Å². The van der Waals surface area contributed by atoms with Crippen molar-refractivity contribution in [2.75, 3.05) is 51.5 Å². The molecule has 29 heavy (non-hydrogen) atoms. The Morgan fingerprint density at radius 2 is 1.90 bits per heavy atom. The molecule has 0 N–H and O–H groups in total. The molecule has 1 aliphatic rings. The monoisotopic (exact) mass is 418 g/mol. The van der Waals surface area contributed by atoms with E-state index in [-0.39, 0.29) is 12.5 Å². The van der Waals surface area contributed by atoms with Crippen LogP contribution in [-0.4, -0.2) is 57.4 Å². The molecule has 0 atom stereocenters. The number of morpholine rings is 1. The molecule has 2 aromatic carbocycles. The topological polar surface area (TPSA) is 51.2 Å². The minimum Gasteiger partial charge on any atom is -0.495 e. The molecule has 156 valence electrons. The summed E-state index contributed by atoms with van der Waals surface area (Å²) < 4.78 is 16.1. The number of halogens is 1. The fourth-order valence-electron chi connectivity index (χ4n) is 3.24. The van der Waals surface area contributed by atoms with E-state index < -0.39 is 0 Å². The van der Waals surface area contributed by atoms with Gasteiger partial charge in [-0.05, 0) is 42.8 Å². The lowest BCUT2D eigenvalue weighted by Gasteiger charge is -2.31. The van der Waals surface area contributed by atoms with E-state index in [0.717, 1.165) is 17.0 Å². The maximum absolute atomic E-state index is 12.9. The van der Waals surface area contributed by atoms with Crippen molar-refractivity contribution in [3.05, 3.63) is 53.1 Å². The molecule has 0 saturated carbocycles. The minimum absolute atomic E-state index is 0.0752. The molecule has 0 aromatic heterocycles. The number of methoxy groups -OCH3 is 1. The molecule has 2 aromatic rings. The van der Waals surface area contributed by atoms with Gasteiger partial charge in [-0.3, -0.25) is 4.79 Å². The van der Waals surface area contributed by atoms with Crippen molar-refractivity contribution < 1.29 is 19.0 Å². The molecule has 1 saturated heterocycles. The highest BCUT2D eigenvalue weighted by Crippen LogP contribution is 2.30. The Morgan fingerprint density at radius 3 is 2.52 bits per heavy atom. The lowest BCUT2D eigenvalue weighted by Crippen LogP contribution is -2.45. The number of anilines is 1. The summed E-state index contributed by atoms with van der Waals surface area (Å²) in [6.45, 7) is 5.83. The van der Waals surface area contributed by atoms with E-state index in [1.54, 1.807) is 7.11 Å². The first-order valence-corrected chi connectivity index (χ1v) is 10.1. The fraction of sp³-hybridized carbons (Fsp3) is 0.409. The quantitative estimate of drug-likeness (QED) is 0.655. The summed E-state index contributed by atoms with van der Waals surface area (Å²) in [6.07, 6.45) is 0. The van der Waals surface area contributed by atoms with Crippen LogP contribution in [0.2, 0.25) is 5.02 Å². The molecule has 1 heterocycles. The first-order chi connectivity index (χ1) is 14.1. The summed E-state index contributed by atoms with van der Waals surface area (Å²) in [7, 11) is 1.58. The molecule has 0 spiro atoms. The summed E-state index contributed by atoms with van der Waals surface area (Å²) in [6, 6.07) is 13.5. The van der Waals surface area contributed by atoms with E-state index in [0.29, 0.717) is 50.2 Å². The van der Waals surface area contributed by atoms with Crippen molar-refractivity contribution in [1.29, 1.82) is 0 Å². The summed E-state index contributed by atoms with van der Waals surface area (Å²) >= 11 is 6.34. The number of nitrogens with zero attached hydrogens (tertiary/aromatic N) is 2. The smallest absolute Gasteiger partial charge is 0.242 e. The average molecular weight is 419 g/mol. The number of ether oxygens (including phenoxy) is 3. The fourth-order valence-corrected chi connectivity index (χ4v) is 3.50. The largest absolute Gasteiger partial charge is 0.495 e. The molecule has 3 rings (SSSR count). The zero-order valence-corrected chi connectivity index (χ0v) is 17.7. The molecule has 1 fully saturated rings. The molecule has 0 radical (unpaired) electrons. The number of hydrogen-bond donors (Lipinski definition) is 0. The normalized spacial score (nSPS) is 13.8. The van der Waals surface area contributed by atoms with Crippen LogP contribution < -0.4 is 14.4 Å². The Morgan fingerprint density at radius 1 is 1.17 bits per heavy atom. The zero-order valence-electron chi connectivity index (χ0n) is 16.9. The van der Waals surface area contributed by atoms with Crippen LogP contribution in [-0.2, 0) is 16.1 Å². The van der Waals surface area contributed by atoms with Gasteiger partial charge in [-0.1, -0.05) is 23.7 Å². The van der Waals surface area contributed by atoms with E-state index >= 15 is 0 Å². The van der Waals surface area contributed by atoms with E-state index in [1.807, 2.05) is 59.2 Å². The highest BCUT2D eigenvalue weighted by molar-refractivity contribution is 6.32. The van der Waals surface area contributed by atoms with Gasteiger partial charge in [0.25, 0.3) is 0 Å². The second-order valence-electron chi connectivity index (χ2n) is 6.75. The first-order valence-electron chi connectivity index (χ1n) is 9.76. The van der Waals surface area contributed by atoms with Crippen molar-refractivity contribution in [2.24, 2.45) is 0 Å². The third-order valence-corrected chi connectivity index (χ3v) is 5.09. The number of benzene rings is 2. The highest BCUT2D eigenvalue weighted by Gasteiger charge is 2.21. The molecular formula is C22H27ClN2O4. The highest BCUT2D eigenvalue weighted by atomic mass is 35.5. The van der Waals surface area contributed by atoms with E-state index in [2.05, 4.69) is 0 Å². The molecule has 7 heteroatoms. The molecule has 0 bridgehead atoms. The maximum atomic E-state index is 12.9. The predicted octanol–water partition coefficient (Wildman–Crippen LogP) is 3.61. The standard InChI is InChI=1S/C22H27ClN2O4/c1-3-29-19-7-4-17(5-8-19)15-25(16-22(26)24-10-12-28-13-11-24)18-6-9-21(27-2)20(23)14-18/h4-9,14H,3,10-13,15-16H2,1-2H3. The number of carbonyl (C=O) groups excluding carboxylic acids is 1. The number of rotatable bonds is 8. The summed E-state index contributed by atoms with van der Waals surface area (Å²) in [4.78, 5) is 16.7. The Hall–Kier alpha value is -2.44. The first kappa shape index (κ1) is 21.3. The molecule has 6 nitrogen and oxygen atoms in total. The summed E-state index contributed by atoms with van der Waals surface area (Å²) in [5.74, 6) is 1.52. The Bertz CT molecular complexity index is 807. The number of hydrogen-bond acceptors (Lipinski definition) is 5. The number of carbonyl (C=O) groups is 1. The van der Waals surface area contributed by atoms with Crippen molar-refractivity contribution in [3.8, 4) is 11.5 Å². The van der Waals surface area contributed by atoms with Gasteiger partial charge in [0.2, 0.25) is 5.91 Å². The Kier molecular flexibility index (Phi) is 7.61. The summed E-state index contributed by atoms with van der Waals surface area (Å²) in [5, 5.41) is 0.514. The van der Waals surface area contributed by atoms with Crippen LogP contribution in [0.3, 0.4) is 0 Å². The van der Waals surface area contributed by atoms with Gasteiger partial charge in [-0.2, -0.15) is 0 Å². The van der Waals surface area contributed by atoms with Crippen molar-refractivity contribution >= 4 is 23.2 Å². The van der Waals surface area contributed by atoms with Crippen LogP contribution in [0.25, 0.3) is 0 Å². The van der Waals surface area contributed by atoms with Crippen LogP contribution in [0.5, 0.6) is 11.5 Å². The van der Waals surface area contributed by atoms with Gasteiger partial charge >= 0.3 is 0 Å². The Balaban J connectivity index is 1.80. The lowest BCUT2D eigenvalue weighted by molar-refractivity contribution is -0.133. The van der Waals surface area contributed by atoms with Crippen molar-refractivity contribution in [3.63, 3.8) is 0 Å².